The molecule has 1 aliphatic rings. The summed E-state index contributed by atoms with van der Waals surface area (Å²) in [6, 6.07) is 5.09. The monoisotopic (exact) mass is 222 g/mol. The number of hydrogen-bond acceptors (Lipinski definition) is 2. The molecule has 16 heavy (non-hydrogen) atoms. The molecule has 0 spiro atoms. The molecule has 1 aromatic rings. The summed E-state index contributed by atoms with van der Waals surface area (Å²) in [7, 11) is 0. The molecule has 1 aliphatic heterocycles. The SMILES string of the molecule is CC1(C)CCN(c2cc(F)cc(CN)c2)C1. The second-order valence-electron chi connectivity index (χ2n) is 5.36. The van der Waals surface area contributed by atoms with Crippen molar-refractivity contribution in [3.05, 3.63) is 29.6 Å². The summed E-state index contributed by atoms with van der Waals surface area (Å²) in [6.45, 7) is 6.87. The fourth-order valence-electron chi connectivity index (χ4n) is 2.27. The lowest BCUT2D eigenvalue weighted by Gasteiger charge is -2.22. The van der Waals surface area contributed by atoms with Crippen LogP contribution < -0.4 is 10.6 Å². The molecule has 2 N–H and O–H groups in total. The molecule has 0 unspecified atom stereocenters. The van der Waals surface area contributed by atoms with E-state index in [2.05, 4.69) is 18.7 Å². The molecule has 2 rings (SSSR count). The minimum absolute atomic E-state index is 0.192. The van der Waals surface area contributed by atoms with Crippen LogP contribution in [0.25, 0.3) is 0 Å². The fraction of sp³-hybridized carbons (Fsp3) is 0.538. The molecule has 0 atom stereocenters. The normalized spacial score (nSPS) is 19.1. The van der Waals surface area contributed by atoms with Gasteiger partial charge in [0.05, 0.1) is 0 Å². The Labute approximate surface area is 96.2 Å². The molecular formula is C13H19FN2. The van der Waals surface area contributed by atoms with E-state index in [1.807, 2.05) is 6.07 Å². The van der Waals surface area contributed by atoms with Crippen molar-refractivity contribution in [2.45, 2.75) is 26.8 Å². The molecule has 1 saturated heterocycles. The van der Waals surface area contributed by atoms with Crippen LogP contribution in [-0.2, 0) is 6.54 Å². The third-order valence-electron chi connectivity index (χ3n) is 3.22. The van der Waals surface area contributed by atoms with E-state index in [1.54, 1.807) is 6.07 Å². The maximum atomic E-state index is 13.4. The smallest absolute Gasteiger partial charge is 0.125 e. The lowest BCUT2D eigenvalue weighted by Crippen LogP contribution is -2.23. The summed E-state index contributed by atoms with van der Waals surface area (Å²) in [4.78, 5) is 2.24. The Balaban J connectivity index is 2.24. The van der Waals surface area contributed by atoms with Gasteiger partial charge in [0, 0.05) is 25.3 Å². The number of benzene rings is 1. The van der Waals surface area contributed by atoms with Gasteiger partial charge in [0.1, 0.15) is 5.82 Å². The summed E-state index contributed by atoms with van der Waals surface area (Å²) < 4.78 is 13.4. The largest absolute Gasteiger partial charge is 0.371 e. The fourth-order valence-corrected chi connectivity index (χ4v) is 2.27. The predicted molar refractivity (Wildman–Crippen MR) is 64.9 cm³/mol. The highest BCUT2D eigenvalue weighted by Crippen LogP contribution is 2.33. The van der Waals surface area contributed by atoms with Crippen LogP contribution in [0, 0.1) is 11.2 Å². The van der Waals surface area contributed by atoms with E-state index in [9.17, 15) is 4.39 Å². The van der Waals surface area contributed by atoms with Gasteiger partial charge in [-0.05, 0) is 35.6 Å². The van der Waals surface area contributed by atoms with E-state index in [4.69, 9.17) is 5.73 Å². The van der Waals surface area contributed by atoms with Crippen molar-refractivity contribution in [3.63, 3.8) is 0 Å². The Hall–Kier alpha value is -1.09. The van der Waals surface area contributed by atoms with Crippen LogP contribution in [0.1, 0.15) is 25.8 Å². The van der Waals surface area contributed by atoms with Gasteiger partial charge in [-0.25, -0.2) is 4.39 Å². The van der Waals surface area contributed by atoms with Gasteiger partial charge in [0.2, 0.25) is 0 Å². The highest BCUT2D eigenvalue weighted by Gasteiger charge is 2.29. The van der Waals surface area contributed by atoms with Gasteiger partial charge in [0.25, 0.3) is 0 Å². The average Bonchev–Trinajstić information content (AvgIpc) is 2.58. The Kier molecular flexibility index (Phi) is 2.89. The molecule has 1 heterocycles. The van der Waals surface area contributed by atoms with Crippen molar-refractivity contribution < 1.29 is 4.39 Å². The molecule has 0 radical (unpaired) electrons. The minimum Gasteiger partial charge on any atom is -0.371 e. The van der Waals surface area contributed by atoms with Crippen molar-refractivity contribution in [2.75, 3.05) is 18.0 Å². The van der Waals surface area contributed by atoms with Crippen LogP contribution in [0.15, 0.2) is 18.2 Å². The highest BCUT2D eigenvalue weighted by molar-refractivity contribution is 5.50. The standard InChI is InChI=1S/C13H19FN2/c1-13(2)3-4-16(9-13)12-6-10(8-15)5-11(14)7-12/h5-7H,3-4,8-9,15H2,1-2H3. The molecule has 1 aromatic carbocycles. The third-order valence-corrected chi connectivity index (χ3v) is 3.22. The molecular weight excluding hydrogens is 203 g/mol. The first-order valence-corrected chi connectivity index (χ1v) is 5.75. The van der Waals surface area contributed by atoms with Gasteiger partial charge < -0.3 is 10.6 Å². The maximum Gasteiger partial charge on any atom is 0.125 e. The van der Waals surface area contributed by atoms with Gasteiger partial charge in [0.15, 0.2) is 0 Å². The zero-order valence-electron chi connectivity index (χ0n) is 9.96. The second kappa shape index (κ2) is 4.06. The summed E-state index contributed by atoms with van der Waals surface area (Å²) in [5.74, 6) is -0.192. The lowest BCUT2D eigenvalue weighted by atomic mass is 9.93. The lowest BCUT2D eigenvalue weighted by molar-refractivity contribution is 0.418. The Morgan fingerprint density at radius 1 is 1.38 bits per heavy atom. The minimum atomic E-state index is -0.192. The predicted octanol–water partition coefficient (Wildman–Crippen LogP) is 2.52. The molecule has 0 bridgehead atoms. The molecule has 0 amide bonds. The molecule has 2 nitrogen and oxygen atoms in total. The zero-order valence-corrected chi connectivity index (χ0v) is 9.96. The van der Waals surface area contributed by atoms with Crippen LogP contribution in [0.4, 0.5) is 10.1 Å². The number of halogens is 1. The van der Waals surface area contributed by atoms with E-state index >= 15 is 0 Å². The van der Waals surface area contributed by atoms with Crippen molar-refractivity contribution in [3.8, 4) is 0 Å². The van der Waals surface area contributed by atoms with E-state index < -0.39 is 0 Å². The van der Waals surface area contributed by atoms with Crippen molar-refractivity contribution in [2.24, 2.45) is 11.1 Å². The van der Waals surface area contributed by atoms with E-state index in [-0.39, 0.29) is 5.82 Å². The number of nitrogens with two attached hydrogens (primary N) is 1. The molecule has 3 heteroatoms. The summed E-state index contributed by atoms with van der Waals surface area (Å²) in [6.07, 6.45) is 1.15. The molecule has 0 aromatic heterocycles. The van der Waals surface area contributed by atoms with Crippen LogP contribution >= 0.6 is 0 Å². The Bertz CT molecular complexity index is 388. The van der Waals surface area contributed by atoms with E-state index in [0.29, 0.717) is 12.0 Å². The van der Waals surface area contributed by atoms with Gasteiger partial charge in [-0.1, -0.05) is 13.8 Å². The number of nitrogens with zero attached hydrogens (tertiary/aromatic N) is 1. The van der Waals surface area contributed by atoms with Crippen molar-refractivity contribution in [1.82, 2.24) is 0 Å². The van der Waals surface area contributed by atoms with Gasteiger partial charge in [-0.15, -0.1) is 0 Å². The van der Waals surface area contributed by atoms with E-state index in [0.717, 1.165) is 30.8 Å². The maximum absolute atomic E-state index is 13.4. The number of rotatable bonds is 2. The zero-order chi connectivity index (χ0) is 11.8. The third kappa shape index (κ3) is 2.35. The number of anilines is 1. The average molecular weight is 222 g/mol. The topological polar surface area (TPSA) is 29.3 Å². The van der Waals surface area contributed by atoms with Gasteiger partial charge in [-0.3, -0.25) is 0 Å². The van der Waals surface area contributed by atoms with Crippen LogP contribution in [0.3, 0.4) is 0 Å². The van der Waals surface area contributed by atoms with E-state index in [1.165, 1.54) is 6.07 Å². The Morgan fingerprint density at radius 3 is 2.69 bits per heavy atom. The second-order valence-corrected chi connectivity index (χ2v) is 5.36. The molecule has 0 saturated carbocycles. The highest BCUT2D eigenvalue weighted by atomic mass is 19.1. The van der Waals surface area contributed by atoms with Crippen LogP contribution in [-0.4, -0.2) is 13.1 Å². The van der Waals surface area contributed by atoms with Crippen LogP contribution in [0.2, 0.25) is 0 Å². The molecule has 0 aliphatic carbocycles. The molecule has 88 valence electrons. The first kappa shape index (κ1) is 11.4. The van der Waals surface area contributed by atoms with Gasteiger partial charge >= 0.3 is 0 Å². The first-order valence-electron chi connectivity index (χ1n) is 5.75. The summed E-state index contributed by atoms with van der Waals surface area (Å²) in [5, 5.41) is 0. The quantitative estimate of drug-likeness (QED) is 0.833. The summed E-state index contributed by atoms with van der Waals surface area (Å²) >= 11 is 0. The van der Waals surface area contributed by atoms with Gasteiger partial charge in [-0.2, -0.15) is 0 Å². The van der Waals surface area contributed by atoms with Crippen LogP contribution in [0.5, 0.6) is 0 Å². The molecule has 1 fully saturated rings. The van der Waals surface area contributed by atoms with Crippen molar-refractivity contribution >= 4 is 5.69 Å². The number of hydrogen-bond donors (Lipinski definition) is 1. The van der Waals surface area contributed by atoms with Crippen molar-refractivity contribution in [1.29, 1.82) is 0 Å². The first-order chi connectivity index (χ1) is 7.50. The Morgan fingerprint density at radius 2 is 2.12 bits per heavy atom. The summed E-state index contributed by atoms with van der Waals surface area (Å²) in [5.41, 5.74) is 7.71.